The van der Waals surface area contributed by atoms with Gasteiger partial charge in [-0.25, -0.2) is 4.90 Å². The highest BCUT2D eigenvalue weighted by Crippen LogP contribution is 2.40. The van der Waals surface area contributed by atoms with Gasteiger partial charge in [-0.15, -0.1) is 0 Å². The molecule has 1 aromatic rings. The first-order valence-corrected chi connectivity index (χ1v) is 7.20. The van der Waals surface area contributed by atoms with Crippen molar-refractivity contribution in [1.82, 2.24) is 0 Å². The molecule has 0 spiro atoms. The average molecular weight is 286 g/mol. The summed E-state index contributed by atoms with van der Waals surface area (Å²) in [6, 6.07) is 4.38. The second-order valence-electron chi connectivity index (χ2n) is 5.80. The minimum absolute atomic E-state index is 0.0222. The van der Waals surface area contributed by atoms with Crippen LogP contribution < -0.4 is 10.0 Å². The van der Waals surface area contributed by atoms with Gasteiger partial charge in [-0.2, -0.15) is 0 Å². The van der Waals surface area contributed by atoms with Crippen molar-refractivity contribution >= 4 is 23.5 Å². The van der Waals surface area contributed by atoms with Gasteiger partial charge in [0.2, 0.25) is 11.8 Å². The van der Waals surface area contributed by atoms with Gasteiger partial charge in [0.1, 0.15) is 0 Å². The summed E-state index contributed by atoms with van der Waals surface area (Å²) in [7, 11) is 0. The Kier molecular flexibility index (Phi) is 3.27. The van der Waals surface area contributed by atoms with Gasteiger partial charge < -0.3 is 9.90 Å². The Labute approximate surface area is 122 Å². The number of rotatable bonds is 2. The molecule has 3 rings (SSSR count). The number of carbonyl (C=O) groups excluding carboxylic acids is 3. The topological polar surface area (TPSA) is 77.5 Å². The van der Waals surface area contributed by atoms with Gasteiger partial charge >= 0.3 is 0 Å². The van der Waals surface area contributed by atoms with Crippen molar-refractivity contribution in [3.05, 3.63) is 29.3 Å². The van der Waals surface area contributed by atoms with E-state index in [0.717, 1.165) is 25.7 Å². The molecule has 5 heteroatoms. The zero-order valence-corrected chi connectivity index (χ0v) is 11.8. The molecule has 21 heavy (non-hydrogen) atoms. The standard InChI is InChI=1S/C16H17NO4/c1-9-6-7-10(16(20)21)8-13(9)17-14(18)11-4-2-3-5-12(11)15(17)19/h6-8,11-12H,2-5H2,1H3,(H,20,21)/p-1/t11-,12+. The first kappa shape index (κ1) is 13.8. The summed E-state index contributed by atoms with van der Waals surface area (Å²) in [5, 5.41) is 11.0. The number of amides is 2. The summed E-state index contributed by atoms with van der Waals surface area (Å²) >= 11 is 0. The van der Waals surface area contributed by atoms with Gasteiger partial charge in [0.25, 0.3) is 0 Å². The summed E-state index contributed by atoms with van der Waals surface area (Å²) in [5.74, 6) is -2.17. The number of carboxylic acids is 1. The molecule has 2 amide bonds. The summed E-state index contributed by atoms with van der Waals surface area (Å²) in [6.45, 7) is 1.76. The van der Waals surface area contributed by atoms with Crippen LogP contribution in [0.5, 0.6) is 0 Å². The predicted molar refractivity (Wildman–Crippen MR) is 73.5 cm³/mol. The molecule has 1 aromatic carbocycles. The van der Waals surface area contributed by atoms with E-state index in [1.54, 1.807) is 13.0 Å². The molecule has 0 aromatic heterocycles. The number of carbonyl (C=O) groups is 3. The summed E-state index contributed by atoms with van der Waals surface area (Å²) in [5.41, 5.74) is 1.06. The van der Waals surface area contributed by atoms with Gasteiger partial charge in [0, 0.05) is 0 Å². The fraction of sp³-hybridized carbons (Fsp3) is 0.438. The molecule has 1 aliphatic carbocycles. The molecule has 2 aliphatic rings. The zero-order chi connectivity index (χ0) is 15.1. The number of benzene rings is 1. The predicted octanol–water partition coefficient (Wildman–Crippen LogP) is 1.04. The second-order valence-corrected chi connectivity index (χ2v) is 5.80. The van der Waals surface area contributed by atoms with Crippen LogP contribution in [0, 0.1) is 18.8 Å². The third-order valence-electron chi connectivity index (χ3n) is 4.53. The highest BCUT2D eigenvalue weighted by molar-refractivity contribution is 6.22. The fourth-order valence-corrected chi connectivity index (χ4v) is 3.38. The Balaban J connectivity index is 2.04. The van der Waals surface area contributed by atoms with Crippen molar-refractivity contribution in [3.8, 4) is 0 Å². The van der Waals surface area contributed by atoms with Gasteiger partial charge in [-0.05, 0) is 37.0 Å². The maximum Gasteiger partial charge on any atom is 0.237 e. The number of aryl methyl sites for hydroxylation is 1. The monoisotopic (exact) mass is 286 g/mol. The van der Waals surface area contributed by atoms with Crippen LogP contribution in [-0.2, 0) is 9.59 Å². The van der Waals surface area contributed by atoms with E-state index >= 15 is 0 Å². The van der Waals surface area contributed by atoms with Crippen LogP contribution in [0.15, 0.2) is 18.2 Å². The van der Waals surface area contributed by atoms with Crippen molar-refractivity contribution < 1.29 is 19.5 Å². The Morgan fingerprint density at radius 1 is 1.14 bits per heavy atom. The summed E-state index contributed by atoms with van der Waals surface area (Å²) < 4.78 is 0. The maximum atomic E-state index is 12.5. The van der Waals surface area contributed by atoms with Crippen LogP contribution in [0.2, 0.25) is 0 Å². The third-order valence-corrected chi connectivity index (χ3v) is 4.53. The molecular weight excluding hydrogens is 270 g/mol. The maximum absolute atomic E-state index is 12.5. The molecule has 2 fully saturated rings. The van der Waals surface area contributed by atoms with Crippen LogP contribution in [0.1, 0.15) is 41.6 Å². The number of aromatic carboxylic acids is 1. The van der Waals surface area contributed by atoms with E-state index in [9.17, 15) is 19.5 Å². The van der Waals surface area contributed by atoms with E-state index in [0.29, 0.717) is 11.3 Å². The van der Waals surface area contributed by atoms with Gasteiger partial charge in [-0.3, -0.25) is 9.59 Å². The zero-order valence-electron chi connectivity index (χ0n) is 11.8. The largest absolute Gasteiger partial charge is 0.545 e. The normalized spacial score (nSPS) is 25.1. The van der Waals surface area contributed by atoms with Crippen molar-refractivity contribution in [3.63, 3.8) is 0 Å². The lowest BCUT2D eigenvalue weighted by Crippen LogP contribution is -2.32. The summed E-state index contributed by atoms with van der Waals surface area (Å²) in [6.07, 6.45) is 3.41. The first-order valence-electron chi connectivity index (χ1n) is 7.20. The number of carboxylic acid groups (broad SMARTS) is 1. The van der Waals surface area contributed by atoms with Crippen LogP contribution >= 0.6 is 0 Å². The van der Waals surface area contributed by atoms with Crippen molar-refractivity contribution in [2.24, 2.45) is 11.8 Å². The van der Waals surface area contributed by atoms with Crippen molar-refractivity contribution in [1.29, 1.82) is 0 Å². The van der Waals surface area contributed by atoms with E-state index in [4.69, 9.17) is 0 Å². The van der Waals surface area contributed by atoms with Crippen LogP contribution in [0.3, 0.4) is 0 Å². The quantitative estimate of drug-likeness (QED) is 0.761. The Bertz CT molecular complexity index is 613. The molecular formula is C16H16NO4-. The van der Waals surface area contributed by atoms with Crippen LogP contribution in [0.25, 0.3) is 0 Å². The van der Waals surface area contributed by atoms with E-state index in [1.807, 2.05) is 0 Å². The lowest BCUT2D eigenvalue weighted by atomic mass is 9.81. The molecule has 110 valence electrons. The Morgan fingerprint density at radius 2 is 1.71 bits per heavy atom. The molecule has 0 unspecified atom stereocenters. The average Bonchev–Trinajstić information content (AvgIpc) is 2.72. The Morgan fingerprint density at radius 3 is 2.24 bits per heavy atom. The first-order chi connectivity index (χ1) is 10.0. The fourth-order valence-electron chi connectivity index (χ4n) is 3.38. The highest BCUT2D eigenvalue weighted by Gasteiger charge is 2.49. The highest BCUT2D eigenvalue weighted by atomic mass is 16.4. The minimum atomic E-state index is -1.31. The molecule has 2 atom stereocenters. The number of hydrogen-bond donors (Lipinski definition) is 0. The van der Waals surface area contributed by atoms with Crippen LogP contribution in [0.4, 0.5) is 5.69 Å². The molecule has 5 nitrogen and oxygen atoms in total. The van der Waals surface area contributed by atoms with Gasteiger partial charge in [0.15, 0.2) is 0 Å². The number of nitrogens with zero attached hydrogens (tertiary/aromatic N) is 1. The molecule has 1 saturated heterocycles. The minimum Gasteiger partial charge on any atom is -0.545 e. The molecule has 1 heterocycles. The van der Waals surface area contributed by atoms with E-state index in [-0.39, 0.29) is 29.2 Å². The van der Waals surface area contributed by atoms with E-state index in [2.05, 4.69) is 0 Å². The number of anilines is 1. The Hall–Kier alpha value is -2.17. The van der Waals surface area contributed by atoms with E-state index in [1.165, 1.54) is 17.0 Å². The SMILES string of the molecule is Cc1ccc(C(=O)[O-])cc1N1C(=O)[C@H]2CCCC[C@H]2C1=O. The van der Waals surface area contributed by atoms with Gasteiger partial charge in [-0.1, -0.05) is 25.0 Å². The molecule has 1 saturated carbocycles. The second kappa shape index (κ2) is 4.98. The molecule has 0 radical (unpaired) electrons. The lowest BCUT2D eigenvalue weighted by Gasteiger charge is -2.19. The smallest absolute Gasteiger partial charge is 0.237 e. The lowest BCUT2D eigenvalue weighted by molar-refractivity contribution is -0.255. The van der Waals surface area contributed by atoms with E-state index < -0.39 is 5.97 Å². The number of hydrogen-bond acceptors (Lipinski definition) is 4. The van der Waals surface area contributed by atoms with Gasteiger partial charge in [0.05, 0.1) is 23.5 Å². The molecule has 0 N–H and O–H groups in total. The molecule has 0 bridgehead atoms. The third kappa shape index (κ3) is 2.13. The molecule has 1 aliphatic heterocycles. The number of fused-ring (bicyclic) bond motifs is 1. The van der Waals surface area contributed by atoms with Crippen molar-refractivity contribution in [2.75, 3.05) is 4.90 Å². The van der Waals surface area contributed by atoms with Crippen molar-refractivity contribution in [2.45, 2.75) is 32.6 Å². The number of imide groups is 1. The van der Waals surface area contributed by atoms with Crippen LogP contribution in [-0.4, -0.2) is 17.8 Å². The summed E-state index contributed by atoms with van der Waals surface area (Å²) in [4.78, 5) is 37.2.